The predicted molar refractivity (Wildman–Crippen MR) is 105 cm³/mol. The van der Waals surface area contributed by atoms with Crippen molar-refractivity contribution in [2.75, 3.05) is 13.7 Å². The van der Waals surface area contributed by atoms with Crippen LogP contribution < -0.4 is 0 Å². The minimum Gasteiger partial charge on any atom is -0.394 e. The molecule has 1 fully saturated rings. The standard InChI is InChI=1S/C22H23NO7/c1-28-22-17(23-20(26)14-9-5-6-10-15(14)21(23)27)19(18(25)16(11-24)30-22)29-12-13-7-3-2-4-8-13/h2-10,16-19,22,24-25H,11-12H2,1H3. The van der Waals surface area contributed by atoms with Crippen LogP contribution in [-0.4, -0.2) is 71.3 Å². The summed E-state index contributed by atoms with van der Waals surface area (Å²) in [6.45, 7) is -0.335. The highest BCUT2D eigenvalue weighted by Crippen LogP contribution is 2.34. The Hall–Kier alpha value is -2.62. The smallest absolute Gasteiger partial charge is 0.262 e. The van der Waals surface area contributed by atoms with E-state index in [2.05, 4.69) is 0 Å². The molecule has 4 rings (SSSR count). The molecule has 30 heavy (non-hydrogen) atoms. The fourth-order valence-corrected chi connectivity index (χ4v) is 3.96. The SMILES string of the molecule is COC1OC(CO)C(O)C(OCc2ccccc2)C1N1C(=O)c2ccccc2C1=O. The largest absolute Gasteiger partial charge is 0.394 e. The van der Waals surface area contributed by atoms with Crippen LogP contribution in [0.5, 0.6) is 0 Å². The Morgan fingerprint density at radius 1 is 1.00 bits per heavy atom. The van der Waals surface area contributed by atoms with Crippen LogP contribution in [0.25, 0.3) is 0 Å². The van der Waals surface area contributed by atoms with Crippen LogP contribution in [0.2, 0.25) is 0 Å². The molecule has 2 N–H and O–H groups in total. The van der Waals surface area contributed by atoms with Gasteiger partial charge in [0.1, 0.15) is 24.4 Å². The fourth-order valence-electron chi connectivity index (χ4n) is 3.96. The van der Waals surface area contributed by atoms with Crippen molar-refractivity contribution in [2.24, 2.45) is 0 Å². The summed E-state index contributed by atoms with van der Waals surface area (Å²) in [5, 5.41) is 20.5. The second kappa shape index (κ2) is 8.63. The lowest BCUT2D eigenvalue weighted by atomic mass is 9.95. The number of ether oxygens (including phenoxy) is 3. The first-order chi connectivity index (χ1) is 14.6. The summed E-state index contributed by atoms with van der Waals surface area (Å²) in [5.74, 6) is -1.01. The number of hydrogen-bond acceptors (Lipinski definition) is 7. The monoisotopic (exact) mass is 413 g/mol. The Kier molecular flexibility index (Phi) is 5.94. The average molecular weight is 413 g/mol. The summed E-state index contributed by atoms with van der Waals surface area (Å²) >= 11 is 0. The number of hydrogen-bond donors (Lipinski definition) is 2. The summed E-state index contributed by atoms with van der Waals surface area (Å²) in [5.41, 5.74) is 1.41. The van der Waals surface area contributed by atoms with Crippen molar-refractivity contribution >= 4 is 11.8 Å². The third-order valence-electron chi connectivity index (χ3n) is 5.46. The van der Waals surface area contributed by atoms with E-state index < -0.39 is 49.1 Å². The molecular weight excluding hydrogens is 390 g/mol. The Morgan fingerprint density at radius 3 is 2.17 bits per heavy atom. The zero-order valence-corrected chi connectivity index (χ0v) is 16.4. The highest BCUT2D eigenvalue weighted by molar-refractivity contribution is 6.21. The third-order valence-corrected chi connectivity index (χ3v) is 5.46. The van der Waals surface area contributed by atoms with Crippen LogP contribution >= 0.6 is 0 Å². The van der Waals surface area contributed by atoms with Crippen molar-refractivity contribution in [3.8, 4) is 0 Å². The van der Waals surface area contributed by atoms with Gasteiger partial charge in [-0.3, -0.25) is 14.5 Å². The minimum absolute atomic E-state index is 0.136. The molecule has 2 aromatic carbocycles. The Balaban J connectivity index is 1.68. The Labute approximate surface area is 173 Å². The molecule has 0 aromatic heterocycles. The molecule has 0 saturated carbocycles. The van der Waals surface area contributed by atoms with Gasteiger partial charge in [-0.05, 0) is 17.7 Å². The summed E-state index contributed by atoms with van der Waals surface area (Å²) in [7, 11) is 1.37. The van der Waals surface area contributed by atoms with E-state index in [9.17, 15) is 19.8 Å². The molecule has 5 unspecified atom stereocenters. The van der Waals surface area contributed by atoms with Crippen molar-refractivity contribution < 1.29 is 34.0 Å². The maximum atomic E-state index is 13.1. The van der Waals surface area contributed by atoms with Crippen LogP contribution in [0.4, 0.5) is 0 Å². The topological polar surface area (TPSA) is 106 Å². The van der Waals surface area contributed by atoms with E-state index in [0.29, 0.717) is 0 Å². The van der Waals surface area contributed by atoms with Gasteiger partial charge in [-0.2, -0.15) is 0 Å². The maximum absolute atomic E-state index is 13.1. The average Bonchev–Trinajstić information content (AvgIpc) is 3.03. The van der Waals surface area contributed by atoms with Crippen LogP contribution in [0.15, 0.2) is 54.6 Å². The number of carbonyl (C=O) groups is 2. The molecule has 0 radical (unpaired) electrons. The maximum Gasteiger partial charge on any atom is 0.262 e. The van der Waals surface area contributed by atoms with Crippen LogP contribution in [-0.2, 0) is 20.8 Å². The number of imide groups is 1. The third kappa shape index (κ3) is 3.53. The number of nitrogens with zero attached hydrogens (tertiary/aromatic N) is 1. The molecule has 2 aliphatic rings. The number of rotatable bonds is 6. The molecule has 2 amide bonds. The van der Waals surface area contributed by atoms with Gasteiger partial charge in [-0.1, -0.05) is 42.5 Å². The number of methoxy groups -OCH3 is 1. The second-order valence-electron chi connectivity index (χ2n) is 7.23. The summed E-state index contributed by atoms with van der Waals surface area (Å²) in [4.78, 5) is 27.1. The van der Waals surface area contributed by atoms with Crippen molar-refractivity contribution in [2.45, 2.75) is 37.3 Å². The summed E-state index contributed by atoms with van der Waals surface area (Å²) in [6, 6.07) is 14.8. The van der Waals surface area contributed by atoms with Crippen molar-refractivity contribution in [3.05, 3.63) is 71.3 Å². The van der Waals surface area contributed by atoms with Gasteiger partial charge in [0, 0.05) is 7.11 Å². The molecule has 2 aromatic rings. The molecule has 2 heterocycles. The van der Waals surface area contributed by atoms with E-state index in [1.54, 1.807) is 24.3 Å². The first-order valence-electron chi connectivity index (χ1n) is 9.66. The van der Waals surface area contributed by atoms with E-state index in [0.717, 1.165) is 10.5 Å². The van der Waals surface area contributed by atoms with Crippen molar-refractivity contribution in [3.63, 3.8) is 0 Å². The number of carbonyl (C=O) groups excluding carboxylic acids is 2. The zero-order valence-electron chi connectivity index (χ0n) is 16.4. The van der Waals surface area contributed by atoms with Crippen LogP contribution in [0, 0.1) is 0 Å². The van der Waals surface area contributed by atoms with Gasteiger partial charge in [-0.25, -0.2) is 0 Å². The first kappa shape index (κ1) is 20.6. The second-order valence-corrected chi connectivity index (χ2v) is 7.23. The predicted octanol–water partition coefficient (Wildman–Crippen LogP) is 0.961. The van der Waals surface area contributed by atoms with Gasteiger partial charge in [0.25, 0.3) is 11.8 Å². The molecule has 0 aliphatic carbocycles. The lowest BCUT2D eigenvalue weighted by Gasteiger charge is -2.46. The number of benzene rings is 2. The van der Waals surface area contributed by atoms with E-state index in [1.165, 1.54) is 7.11 Å². The lowest BCUT2D eigenvalue weighted by Crippen LogP contribution is -2.66. The Bertz CT molecular complexity index is 884. The van der Waals surface area contributed by atoms with Gasteiger partial charge in [0.15, 0.2) is 6.29 Å². The van der Waals surface area contributed by atoms with Crippen molar-refractivity contribution in [1.29, 1.82) is 0 Å². The van der Waals surface area contributed by atoms with Crippen LogP contribution in [0.1, 0.15) is 26.3 Å². The molecule has 0 bridgehead atoms. The minimum atomic E-state index is -1.28. The molecule has 8 nitrogen and oxygen atoms in total. The van der Waals surface area contributed by atoms with Crippen molar-refractivity contribution in [1.82, 2.24) is 4.90 Å². The highest BCUT2D eigenvalue weighted by atomic mass is 16.7. The zero-order chi connectivity index (χ0) is 21.3. The normalized spacial score (nSPS) is 28.6. The molecule has 8 heteroatoms. The molecule has 0 spiro atoms. The van der Waals surface area contributed by atoms with Crippen LogP contribution in [0.3, 0.4) is 0 Å². The van der Waals surface area contributed by atoms with E-state index in [1.807, 2.05) is 30.3 Å². The molecule has 5 atom stereocenters. The molecular formula is C22H23NO7. The Morgan fingerprint density at radius 2 is 1.60 bits per heavy atom. The number of aliphatic hydroxyl groups is 2. The first-order valence-corrected chi connectivity index (χ1v) is 9.66. The molecule has 2 aliphatic heterocycles. The van der Waals surface area contributed by atoms with E-state index in [-0.39, 0.29) is 17.7 Å². The van der Waals surface area contributed by atoms with E-state index in [4.69, 9.17) is 14.2 Å². The van der Waals surface area contributed by atoms with E-state index >= 15 is 0 Å². The summed E-state index contributed by atoms with van der Waals surface area (Å²) < 4.78 is 17.1. The number of amides is 2. The lowest BCUT2D eigenvalue weighted by molar-refractivity contribution is -0.281. The molecule has 1 saturated heterocycles. The van der Waals surface area contributed by atoms with Gasteiger partial charge >= 0.3 is 0 Å². The van der Waals surface area contributed by atoms with Gasteiger partial charge in [-0.15, -0.1) is 0 Å². The van der Waals surface area contributed by atoms with Gasteiger partial charge < -0.3 is 24.4 Å². The number of aliphatic hydroxyl groups excluding tert-OH is 2. The van der Waals surface area contributed by atoms with Gasteiger partial charge in [0.2, 0.25) is 0 Å². The molecule has 158 valence electrons. The quantitative estimate of drug-likeness (QED) is 0.680. The van der Waals surface area contributed by atoms with Gasteiger partial charge in [0.05, 0.1) is 24.3 Å². The fraction of sp³-hybridized carbons (Fsp3) is 0.364. The summed E-state index contributed by atoms with van der Waals surface area (Å²) in [6.07, 6.45) is -4.36. The highest BCUT2D eigenvalue weighted by Gasteiger charge is 2.54. The number of fused-ring (bicyclic) bond motifs is 1.